The van der Waals surface area contributed by atoms with Gasteiger partial charge in [0.25, 0.3) is 0 Å². The molecular weight excluding hydrogens is 280 g/mol. The lowest BCUT2D eigenvalue weighted by Crippen LogP contribution is -2.46. The first kappa shape index (κ1) is 13.5. The molecule has 6 nitrogen and oxygen atoms in total. The largest absolute Gasteiger partial charge is 0.325 e. The molecule has 1 aromatic carbocycles. The highest BCUT2D eigenvalue weighted by Crippen LogP contribution is 2.44. The van der Waals surface area contributed by atoms with E-state index in [0.717, 1.165) is 55.1 Å². The summed E-state index contributed by atoms with van der Waals surface area (Å²) in [5.74, 6) is 0.146. The Morgan fingerprint density at radius 1 is 1.27 bits per heavy atom. The van der Waals surface area contributed by atoms with Crippen LogP contribution in [0.15, 0.2) is 28.9 Å². The normalized spacial score (nSPS) is 20.1. The number of likely N-dealkylation sites (tertiary alicyclic amines) is 1. The van der Waals surface area contributed by atoms with Crippen molar-refractivity contribution in [3.63, 3.8) is 0 Å². The number of para-hydroxylation sites is 1. The van der Waals surface area contributed by atoms with Crippen molar-refractivity contribution in [2.75, 3.05) is 18.4 Å². The van der Waals surface area contributed by atoms with Crippen molar-refractivity contribution in [2.45, 2.75) is 31.7 Å². The van der Waals surface area contributed by atoms with Gasteiger partial charge in [-0.3, -0.25) is 9.69 Å². The van der Waals surface area contributed by atoms with Gasteiger partial charge in [-0.25, -0.2) is 4.63 Å². The number of rotatable bonds is 2. The maximum absolute atomic E-state index is 12.5. The van der Waals surface area contributed by atoms with Gasteiger partial charge in [0.15, 0.2) is 0 Å². The number of nitrogens with one attached hydrogen (secondary N) is 1. The van der Waals surface area contributed by atoms with E-state index in [-0.39, 0.29) is 11.3 Å². The van der Waals surface area contributed by atoms with Crippen molar-refractivity contribution < 1.29 is 9.42 Å². The standard InChI is InChI=1S/C16H18N4O2/c1-11-14(19-22-18-11)10-20-8-6-16(7-9-20)12-4-2-3-5-13(12)17-15(16)21/h2-5H,6-10H2,1H3,(H,17,21). The maximum atomic E-state index is 12.5. The highest BCUT2D eigenvalue weighted by Gasteiger charge is 2.48. The van der Waals surface area contributed by atoms with Gasteiger partial charge < -0.3 is 5.32 Å². The Bertz CT molecular complexity index is 716. The minimum Gasteiger partial charge on any atom is -0.325 e. The van der Waals surface area contributed by atoms with E-state index in [1.54, 1.807) is 0 Å². The van der Waals surface area contributed by atoms with E-state index in [9.17, 15) is 4.79 Å². The van der Waals surface area contributed by atoms with Gasteiger partial charge in [-0.2, -0.15) is 0 Å². The molecule has 0 atom stereocenters. The van der Waals surface area contributed by atoms with E-state index >= 15 is 0 Å². The Morgan fingerprint density at radius 2 is 2.05 bits per heavy atom. The number of hydrogen-bond acceptors (Lipinski definition) is 5. The zero-order valence-corrected chi connectivity index (χ0v) is 12.5. The molecule has 0 radical (unpaired) electrons. The SMILES string of the molecule is Cc1nonc1CN1CCC2(CC1)C(=O)Nc1ccccc12. The second-order valence-electron chi connectivity index (χ2n) is 6.15. The van der Waals surface area contributed by atoms with Gasteiger partial charge in [-0.1, -0.05) is 28.5 Å². The quantitative estimate of drug-likeness (QED) is 0.916. The highest BCUT2D eigenvalue weighted by atomic mass is 16.6. The minimum atomic E-state index is -0.357. The molecule has 0 aliphatic carbocycles. The van der Waals surface area contributed by atoms with Crippen LogP contribution >= 0.6 is 0 Å². The highest BCUT2D eigenvalue weighted by molar-refractivity contribution is 6.06. The lowest BCUT2D eigenvalue weighted by atomic mass is 9.73. The van der Waals surface area contributed by atoms with Crippen LogP contribution < -0.4 is 5.32 Å². The van der Waals surface area contributed by atoms with Crippen molar-refractivity contribution >= 4 is 11.6 Å². The third-order valence-corrected chi connectivity index (χ3v) is 4.95. The number of fused-ring (bicyclic) bond motifs is 2. The molecule has 2 aromatic rings. The molecule has 1 amide bonds. The zero-order chi connectivity index (χ0) is 15.2. The molecule has 1 N–H and O–H groups in total. The Morgan fingerprint density at radius 3 is 2.77 bits per heavy atom. The predicted octanol–water partition coefficient (Wildman–Crippen LogP) is 1.86. The average molecular weight is 298 g/mol. The monoisotopic (exact) mass is 298 g/mol. The fraction of sp³-hybridized carbons (Fsp3) is 0.438. The van der Waals surface area contributed by atoms with Crippen LogP contribution in [0.1, 0.15) is 29.8 Å². The lowest BCUT2D eigenvalue weighted by Gasteiger charge is -2.37. The third kappa shape index (κ3) is 1.94. The first-order chi connectivity index (χ1) is 10.7. The molecule has 114 valence electrons. The van der Waals surface area contributed by atoms with Crippen LogP contribution in [0.2, 0.25) is 0 Å². The molecular formula is C16H18N4O2. The number of carbonyl (C=O) groups excluding carboxylic acids is 1. The molecule has 0 saturated carbocycles. The van der Waals surface area contributed by atoms with Crippen molar-refractivity contribution in [1.29, 1.82) is 0 Å². The molecule has 2 aliphatic heterocycles. The summed E-state index contributed by atoms with van der Waals surface area (Å²) in [6.45, 7) is 4.37. The molecule has 0 unspecified atom stereocenters. The summed E-state index contributed by atoms with van der Waals surface area (Å²) >= 11 is 0. The first-order valence-electron chi connectivity index (χ1n) is 7.60. The number of amides is 1. The van der Waals surface area contributed by atoms with Gasteiger partial charge >= 0.3 is 0 Å². The lowest BCUT2D eigenvalue weighted by molar-refractivity contribution is -0.122. The summed E-state index contributed by atoms with van der Waals surface area (Å²) in [7, 11) is 0. The number of nitrogens with zero attached hydrogens (tertiary/aromatic N) is 3. The average Bonchev–Trinajstić information content (AvgIpc) is 3.05. The number of benzene rings is 1. The molecule has 1 spiro atoms. The number of aryl methyl sites for hydroxylation is 1. The predicted molar refractivity (Wildman–Crippen MR) is 80.3 cm³/mol. The summed E-state index contributed by atoms with van der Waals surface area (Å²) in [6.07, 6.45) is 1.67. The van der Waals surface area contributed by atoms with E-state index in [2.05, 4.69) is 26.6 Å². The fourth-order valence-corrected chi connectivity index (χ4v) is 3.57. The van der Waals surface area contributed by atoms with Crippen LogP contribution in [0.25, 0.3) is 0 Å². The van der Waals surface area contributed by atoms with Crippen LogP contribution in [-0.4, -0.2) is 34.2 Å². The van der Waals surface area contributed by atoms with Gasteiger partial charge in [-0.15, -0.1) is 0 Å². The van der Waals surface area contributed by atoms with Crippen LogP contribution in [0.3, 0.4) is 0 Å². The fourth-order valence-electron chi connectivity index (χ4n) is 3.57. The van der Waals surface area contributed by atoms with Gasteiger partial charge in [0.05, 0.1) is 5.41 Å². The van der Waals surface area contributed by atoms with E-state index < -0.39 is 0 Å². The number of anilines is 1. The van der Waals surface area contributed by atoms with E-state index in [1.807, 2.05) is 25.1 Å². The molecule has 22 heavy (non-hydrogen) atoms. The summed E-state index contributed by atoms with van der Waals surface area (Å²) in [6, 6.07) is 8.04. The summed E-state index contributed by atoms with van der Waals surface area (Å²) < 4.78 is 4.75. The van der Waals surface area contributed by atoms with Crippen molar-refractivity contribution in [3.8, 4) is 0 Å². The first-order valence-corrected chi connectivity index (χ1v) is 7.60. The third-order valence-electron chi connectivity index (χ3n) is 4.95. The van der Waals surface area contributed by atoms with Crippen LogP contribution in [0.4, 0.5) is 5.69 Å². The van der Waals surface area contributed by atoms with Crippen LogP contribution in [0.5, 0.6) is 0 Å². The maximum Gasteiger partial charge on any atom is 0.235 e. The molecule has 1 fully saturated rings. The number of aromatic nitrogens is 2. The minimum absolute atomic E-state index is 0.146. The summed E-state index contributed by atoms with van der Waals surface area (Å²) in [5, 5.41) is 10.8. The zero-order valence-electron chi connectivity index (χ0n) is 12.5. The molecule has 1 saturated heterocycles. The number of hydrogen-bond donors (Lipinski definition) is 1. The molecule has 2 aliphatic rings. The Kier molecular flexibility index (Phi) is 3.00. The van der Waals surface area contributed by atoms with E-state index in [0.29, 0.717) is 0 Å². The van der Waals surface area contributed by atoms with Crippen molar-refractivity contribution in [1.82, 2.24) is 15.2 Å². The van der Waals surface area contributed by atoms with Crippen molar-refractivity contribution in [3.05, 3.63) is 41.2 Å². The second-order valence-corrected chi connectivity index (χ2v) is 6.15. The molecule has 4 rings (SSSR count). The topological polar surface area (TPSA) is 71.3 Å². The smallest absolute Gasteiger partial charge is 0.235 e. The Labute approximate surface area is 128 Å². The van der Waals surface area contributed by atoms with Crippen LogP contribution in [0, 0.1) is 6.92 Å². The molecule has 1 aromatic heterocycles. The van der Waals surface area contributed by atoms with Gasteiger partial charge in [-0.05, 0) is 44.5 Å². The summed E-state index contributed by atoms with van der Waals surface area (Å²) in [4.78, 5) is 14.8. The summed E-state index contributed by atoms with van der Waals surface area (Å²) in [5.41, 5.74) is 3.48. The van der Waals surface area contributed by atoms with Crippen LogP contribution in [-0.2, 0) is 16.8 Å². The van der Waals surface area contributed by atoms with E-state index in [1.165, 1.54) is 0 Å². The molecule has 6 heteroatoms. The van der Waals surface area contributed by atoms with Gasteiger partial charge in [0.2, 0.25) is 5.91 Å². The van der Waals surface area contributed by atoms with Crippen molar-refractivity contribution in [2.24, 2.45) is 0 Å². The van der Waals surface area contributed by atoms with Gasteiger partial charge in [0, 0.05) is 12.2 Å². The van der Waals surface area contributed by atoms with Gasteiger partial charge in [0.1, 0.15) is 11.4 Å². The molecule has 0 bridgehead atoms. The number of piperidine rings is 1. The Hall–Kier alpha value is -2.21. The Balaban J connectivity index is 1.52. The van der Waals surface area contributed by atoms with E-state index in [4.69, 9.17) is 4.63 Å². The molecule has 3 heterocycles. The number of carbonyl (C=O) groups is 1. The second kappa shape index (κ2) is 4.91.